The van der Waals surface area contributed by atoms with E-state index in [1.54, 1.807) is 6.92 Å². The van der Waals surface area contributed by atoms with Gasteiger partial charge in [-0.1, -0.05) is 0 Å². The highest BCUT2D eigenvalue weighted by Gasteiger charge is 2.30. The van der Waals surface area contributed by atoms with Gasteiger partial charge in [-0.2, -0.15) is 0 Å². The fourth-order valence-corrected chi connectivity index (χ4v) is 1.93. The van der Waals surface area contributed by atoms with Crippen molar-refractivity contribution < 1.29 is 14.3 Å². The van der Waals surface area contributed by atoms with Crippen LogP contribution < -0.4 is 5.32 Å². The van der Waals surface area contributed by atoms with E-state index in [-0.39, 0.29) is 11.7 Å². The van der Waals surface area contributed by atoms with Crippen molar-refractivity contribution in [1.29, 1.82) is 0 Å². The molecule has 0 aromatic heterocycles. The highest BCUT2D eigenvalue weighted by molar-refractivity contribution is 6.17. The van der Waals surface area contributed by atoms with E-state index in [4.69, 9.17) is 4.74 Å². The molecule has 0 spiro atoms. The topological polar surface area (TPSA) is 67.8 Å². The SMILES string of the molecule is CC(=O)NC1=NC(C)C(=O)C2=C1COCC2. The Hall–Kier alpha value is -1.49. The summed E-state index contributed by atoms with van der Waals surface area (Å²) in [4.78, 5) is 27.1. The fourth-order valence-electron chi connectivity index (χ4n) is 1.93. The minimum absolute atomic E-state index is 0.0485. The Morgan fingerprint density at radius 3 is 2.94 bits per heavy atom. The van der Waals surface area contributed by atoms with Crippen molar-refractivity contribution in [3.63, 3.8) is 0 Å². The van der Waals surface area contributed by atoms with Gasteiger partial charge in [0.05, 0.1) is 13.2 Å². The lowest BCUT2D eigenvalue weighted by atomic mass is 9.92. The monoisotopic (exact) mass is 222 g/mol. The van der Waals surface area contributed by atoms with Crippen LogP contribution in [0.5, 0.6) is 0 Å². The summed E-state index contributed by atoms with van der Waals surface area (Å²) < 4.78 is 5.29. The molecule has 0 radical (unpaired) electrons. The van der Waals surface area contributed by atoms with Crippen LogP contribution >= 0.6 is 0 Å². The summed E-state index contributed by atoms with van der Waals surface area (Å²) in [5, 5.41) is 2.65. The first-order valence-electron chi connectivity index (χ1n) is 5.29. The molecule has 2 aliphatic rings. The van der Waals surface area contributed by atoms with Gasteiger partial charge in [-0.15, -0.1) is 0 Å². The first-order valence-corrected chi connectivity index (χ1v) is 5.29. The zero-order valence-corrected chi connectivity index (χ0v) is 9.37. The molecular weight excluding hydrogens is 208 g/mol. The molecule has 0 aliphatic carbocycles. The van der Waals surface area contributed by atoms with Crippen molar-refractivity contribution in [2.75, 3.05) is 13.2 Å². The normalized spacial score (nSPS) is 25.0. The van der Waals surface area contributed by atoms with E-state index in [0.29, 0.717) is 25.5 Å². The molecule has 0 aromatic rings. The molecule has 0 fully saturated rings. The summed E-state index contributed by atoms with van der Waals surface area (Å²) in [5.74, 6) is 0.361. The van der Waals surface area contributed by atoms with Crippen molar-refractivity contribution in [1.82, 2.24) is 5.32 Å². The van der Waals surface area contributed by atoms with Crippen LogP contribution in [-0.4, -0.2) is 36.8 Å². The number of carbonyl (C=O) groups is 2. The molecule has 2 heterocycles. The van der Waals surface area contributed by atoms with E-state index < -0.39 is 6.04 Å². The van der Waals surface area contributed by atoms with Gasteiger partial charge in [0.25, 0.3) is 0 Å². The molecule has 5 heteroatoms. The Balaban J connectivity index is 2.36. The maximum absolute atomic E-state index is 11.9. The molecule has 2 rings (SSSR count). The molecule has 0 saturated heterocycles. The van der Waals surface area contributed by atoms with Crippen molar-refractivity contribution in [2.24, 2.45) is 4.99 Å². The number of amidine groups is 1. The number of rotatable bonds is 0. The smallest absolute Gasteiger partial charge is 0.222 e. The van der Waals surface area contributed by atoms with Crippen LogP contribution in [0, 0.1) is 0 Å². The minimum Gasteiger partial charge on any atom is -0.376 e. The number of amides is 1. The molecule has 0 bridgehead atoms. The Bertz CT molecular complexity index is 409. The predicted molar refractivity (Wildman–Crippen MR) is 58.2 cm³/mol. The van der Waals surface area contributed by atoms with Gasteiger partial charge >= 0.3 is 0 Å². The molecule has 0 saturated carbocycles. The maximum Gasteiger partial charge on any atom is 0.222 e. The van der Waals surface area contributed by atoms with Gasteiger partial charge in [0, 0.05) is 18.1 Å². The van der Waals surface area contributed by atoms with Crippen molar-refractivity contribution >= 4 is 17.5 Å². The lowest BCUT2D eigenvalue weighted by Crippen LogP contribution is -2.40. The van der Waals surface area contributed by atoms with Crippen LogP contribution in [0.3, 0.4) is 0 Å². The Morgan fingerprint density at radius 2 is 2.25 bits per heavy atom. The number of aliphatic imine (C=N–C) groups is 1. The van der Waals surface area contributed by atoms with Crippen LogP contribution in [0.1, 0.15) is 20.3 Å². The second-order valence-electron chi connectivity index (χ2n) is 3.96. The van der Waals surface area contributed by atoms with E-state index in [9.17, 15) is 9.59 Å². The Morgan fingerprint density at radius 1 is 1.50 bits per heavy atom. The molecule has 0 aromatic carbocycles. The first-order chi connectivity index (χ1) is 7.59. The molecule has 2 aliphatic heterocycles. The quantitative estimate of drug-likeness (QED) is 0.637. The summed E-state index contributed by atoms with van der Waals surface area (Å²) in [6.45, 7) is 4.08. The molecule has 16 heavy (non-hydrogen) atoms. The van der Waals surface area contributed by atoms with Gasteiger partial charge in [0.2, 0.25) is 5.91 Å². The number of ketones is 1. The summed E-state index contributed by atoms with van der Waals surface area (Å²) >= 11 is 0. The number of ether oxygens (including phenoxy) is 1. The number of hydrogen-bond donors (Lipinski definition) is 1. The van der Waals surface area contributed by atoms with Crippen LogP contribution in [0.25, 0.3) is 0 Å². The molecule has 86 valence electrons. The third kappa shape index (κ3) is 1.90. The summed E-state index contributed by atoms with van der Waals surface area (Å²) in [6.07, 6.45) is 0.608. The van der Waals surface area contributed by atoms with Gasteiger partial charge in [0.15, 0.2) is 5.78 Å². The largest absolute Gasteiger partial charge is 0.376 e. The van der Waals surface area contributed by atoms with Crippen molar-refractivity contribution in [2.45, 2.75) is 26.3 Å². The third-order valence-electron chi connectivity index (χ3n) is 2.69. The molecule has 1 unspecified atom stereocenters. The van der Waals surface area contributed by atoms with Gasteiger partial charge < -0.3 is 10.1 Å². The van der Waals surface area contributed by atoms with Crippen LogP contribution in [0.4, 0.5) is 0 Å². The number of carbonyl (C=O) groups excluding carboxylic acids is 2. The second-order valence-corrected chi connectivity index (χ2v) is 3.96. The Kier molecular flexibility index (Phi) is 2.87. The van der Waals surface area contributed by atoms with Gasteiger partial charge in [-0.25, -0.2) is 0 Å². The van der Waals surface area contributed by atoms with Gasteiger partial charge in [-0.3, -0.25) is 14.6 Å². The van der Waals surface area contributed by atoms with E-state index in [1.807, 2.05) is 0 Å². The molecular formula is C11H14N2O3. The zero-order chi connectivity index (χ0) is 11.7. The number of Topliss-reactive ketones (excluding diaryl/α,β-unsaturated/α-hetero) is 1. The standard InChI is InChI=1S/C11H14N2O3/c1-6-10(15)8-3-4-16-5-9(8)11(12-6)13-7(2)14/h6H,3-5H2,1-2H3,(H,12,13,14). The van der Waals surface area contributed by atoms with E-state index in [0.717, 1.165) is 11.1 Å². The highest BCUT2D eigenvalue weighted by Crippen LogP contribution is 2.23. The van der Waals surface area contributed by atoms with Crippen LogP contribution in [-0.2, 0) is 14.3 Å². The first kappa shape index (κ1) is 11.0. The second kappa shape index (κ2) is 4.17. The number of hydrogen-bond acceptors (Lipinski definition) is 4. The summed E-state index contributed by atoms with van der Waals surface area (Å²) in [6, 6.07) is -0.404. The van der Waals surface area contributed by atoms with Gasteiger partial charge in [0.1, 0.15) is 11.9 Å². The Labute approximate surface area is 93.6 Å². The maximum atomic E-state index is 11.9. The number of dihydropyridines is 1. The predicted octanol–water partition coefficient (Wildman–Crippen LogP) is 0.209. The summed E-state index contributed by atoms with van der Waals surface area (Å²) in [5.41, 5.74) is 1.50. The minimum atomic E-state index is -0.404. The average Bonchev–Trinajstić information content (AvgIpc) is 2.25. The van der Waals surface area contributed by atoms with E-state index >= 15 is 0 Å². The summed E-state index contributed by atoms with van der Waals surface area (Å²) in [7, 11) is 0. The van der Waals surface area contributed by atoms with Gasteiger partial charge in [-0.05, 0) is 13.3 Å². The number of nitrogens with zero attached hydrogens (tertiary/aromatic N) is 1. The molecule has 5 nitrogen and oxygen atoms in total. The van der Waals surface area contributed by atoms with Crippen LogP contribution in [0.2, 0.25) is 0 Å². The third-order valence-corrected chi connectivity index (χ3v) is 2.69. The van der Waals surface area contributed by atoms with Crippen LogP contribution in [0.15, 0.2) is 16.1 Å². The number of nitrogens with one attached hydrogen (secondary N) is 1. The van der Waals surface area contributed by atoms with Crippen molar-refractivity contribution in [3.05, 3.63) is 11.1 Å². The highest BCUT2D eigenvalue weighted by atomic mass is 16.5. The molecule has 1 N–H and O–H groups in total. The van der Waals surface area contributed by atoms with E-state index in [2.05, 4.69) is 10.3 Å². The average molecular weight is 222 g/mol. The van der Waals surface area contributed by atoms with E-state index in [1.165, 1.54) is 6.92 Å². The molecule has 1 amide bonds. The fraction of sp³-hybridized carbons (Fsp3) is 0.545. The lowest BCUT2D eigenvalue weighted by molar-refractivity contribution is -0.118. The van der Waals surface area contributed by atoms with Crippen molar-refractivity contribution in [3.8, 4) is 0 Å². The lowest BCUT2D eigenvalue weighted by Gasteiger charge is -2.26. The zero-order valence-electron chi connectivity index (χ0n) is 9.37. The molecule has 1 atom stereocenters.